The molecule has 6 nitrogen and oxygen atoms in total. The predicted octanol–water partition coefficient (Wildman–Crippen LogP) is 4.03. The Morgan fingerprint density at radius 2 is 1.63 bits per heavy atom. The Bertz CT molecular complexity index is 846. The van der Waals surface area contributed by atoms with E-state index in [4.69, 9.17) is 32.7 Å². The summed E-state index contributed by atoms with van der Waals surface area (Å²) in [5.74, 6) is 0.365. The highest BCUT2D eigenvalue weighted by Crippen LogP contribution is 2.30. The first-order valence-corrected chi connectivity index (χ1v) is 8.75. The maximum atomic E-state index is 12.7. The maximum absolute atomic E-state index is 12.7. The van der Waals surface area contributed by atoms with Gasteiger partial charge in [0.1, 0.15) is 11.5 Å². The van der Waals surface area contributed by atoms with Crippen LogP contribution >= 0.6 is 23.2 Å². The predicted molar refractivity (Wildman–Crippen MR) is 106 cm³/mol. The van der Waals surface area contributed by atoms with Crippen molar-refractivity contribution in [2.24, 2.45) is 0 Å². The van der Waals surface area contributed by atoms with Gasteiger partial charge in [-0.2, -0.15) is 0 Å². The molecule has 0 fully saturated rings. The fraction of sp³-hybridized carbons (Fsp3) is 0.263. The first-order valence-electron chi connectivity index (χ1n) is 7.99. The fourth-order valence-corrected chi connectivity index (χ4v) is 2.79. The summed E-state index contributed by atoms with van der Waals surface area (Å²) < 4.78 is 10.6. The molecular weight excluding hydrogens is 391 g/mol. The van der Waals surface area contributed by atoms with E-state index in [9.17, 15) is 9.59 Å². The molecule has 0 saturated heterocycles. The normalized spacial score (nSPS) is 10.3. The van der Waals surface area contributed by atoms with E-state index >= 15 is 0 Å². The Morgan fingerprint density at radius 3 is 2.15 bits per heavy atom. The molecule has 0 unspecified atom stereocenters. The van der Waals surface area contributed by atoms with E-state index in [0.717, 1.165) is 5.56 Å². The highest BCUT2D eigenvalue weighted by molar-refractivity contribution is 6.42. The van der Waals surface area contributed by atoms with E-state index in [1.54, 1.807) is 30.3 Å². The molecule has 0 spiro atoms. The quantitative estimate of drug-likeness (QED) is 0.780. The number of hydrogen-bond donors (Lipinski definition) is 1. The molecule has 8 heteroatoms. The molecule has 0 aliphatic carbocycles. The molecule has 0 aromatic heterocycles. The highest BCUT2D eigenvalue weighted by Gasteiger charge is 2.19. The number of halogens is 2. The lowest BCUT2D eigenvalue weighted by Crippen LogP contribution is -2.35. The van der Waals surface area contributed by atoms with Crippen LogP contribution in [0.4, 0.5) is 5.69 Å². The number of anilines is 1. The lowest BCUT2D eigenvalue weighted by Gasteiger charge is -2.19. The lowest BCUT2D eigenvalue weighted by molar-refractivity contribution is -0.116. The van der Waals surface area contributed by atoms with Crippen molar-refractivity contribution >= 4 is 40.7 Å². The van der Waals surface area contributed by atoms with Crippen molar-refractivity contribution in [2.45, 2.75) is 6.92 Å². The molecular formula is C19H20Cl2N2O4. The van der Waals surface area contributed by atoms with E-state index in [1.807, 2.05) is 6.92 Å². The minimum absolute atomic E-state index is 0.141. The van der Waals surface area contributed by atoms with Crippen LogP contribution < -0.4 is 14.8 Å². The van der Waals surface area contributed by atoms with Gasteiger partial charge in [0.2, 0.25) is 5.91 Å². The first kappa shape index (κ1) is 20.9. The van der Waals surface area contributed by atoms with Crippen LogP contribution in [0.25, 0.3) is 0 Å². The molecule has 2 aromatic rings. The first-order chi connectivity index (χ1) is 12.8. The van der Waals surface area contributed by atoms with E-state index in [0.29, 0.717) is 32.8 Å². The molecule has 0 saturated carbocycles. The van der Waals surface area contributed by atoms with Gasteiger partial charge in [0.05, 0.1) is 30.8 Å². The fourth-order valence-electron chi connectivity index (χ4n) is 2.49. The van der Waals surface area contributed by atoms with Gasteiger partial charge in [-0.05, 0) is 37.3 Å². The Kier molecular flexibility index (Phi) is 6.93. The number of benzene rings is 2. The zero-order chi connectivity index (χ0) is 20.1. The molecule has 144 valence electrons. The van der Waals surface area contributed by atoms with Gasteiger partial charge in [0.25, 0.3) is 5.91 Å². The zero-order valence-corrected chi connectivity index (χ0v) is 16.9. The zero-order valence-electron chi connectivity index (χ0n) is 15.4. The second-order valence-corrected chi connectivity index (χ2v) is 6.66. The largest absolute Gasteiger partial charge is 0.496 e. The number of carbonyl (C=O) groups is 2. The van der Waals surface area contributed by atoms with Gasteiger partial charge in [-0.15, -0.1) is 0 Å². The van der Waals surface area contributed by atoms with Crippen LogP contribution in [0.5, 0.6) is 11.5 Å². The summed E-state index contributed by atoms with van der Waals surface area (Å²) in [6.07, 6.45) is 0. The Labute approximate surface area is 168 Å². The maximum Gasteiger partial charge on any atom is 0.254 e. The Hall–Kier alpha value is -2.44. The SMILES string of the molecule is COc1cc(C(=O)N(C)CC(=O)Nc2ccc(Cl)c(Cl)c2)cc(OC)c1C. The molecule has 2 rings (SSSR count). The number of nitrogens with zero attached hydrogens (tertiary/aromatic N) is 1. The van der Waals surface area contributed by atoms with Gasteiger partial charge in [-0.3, -0.25) is 9.59 Å². The molecule has 1 N–H and O–H groups in total. The summed E-state index contributed by atoms with van der Waals surface area (Å²) in [6, 6.07) is 7.99. The highest BCUT2D eigenvalue weighted by atomic mass is 35.5. The van der Waals surface area contributed by atoms with Gasteiger partial charge >= 0.3 is 0 Å². The molecule has 0 atom stereocenters. The van der Waals surface area contributed by atoms with Gasteiger partial charge < -0.3 is 19.7 Å². The van der Waals surface area contributed by atoms with Crippen molar-refractivity contribution in [3.05, 3.63) is 51.5 Å². The summed E-state index contributed by atoms with van der Waals surface area (Å²) in [6.45, 7) is 1.69. The Balaban J connectivity index is 2.10. The second-order valence-electron chi connectivity index (χ2n) is 5.84. The Morgan fingerprint density at radius 1 is 1.04 bits per heavy atom. The third-order valence-electron chi connectivity index (χ3n) is 3.93. The van der Waals surface area contributed by atoms with Crippen LogP contribution in [0.3, 0.4) is 0 Å². The number of ether oxygens (including phenoxy) is 2. The third kappa shape index (κ3) is 5.05. The molecule has 0 radical (unpaired) electrons. The van der Waals surface area contributed by atoms with Crippen LogP contribution in [-0.2, 0) is 4.79 Å². The molecule has 2 amide bonds. The van der Waals surface area contributed by atoms with Crippen LogP contribution in [0, 0.1) is 6.92 Å². The summed E-state index contributed by atoms with van der Waals surface area (Å²) in [4.78, 5) is 26.2. The van der Waals surface area contributed by atoms with Gasteiger partial charge in [-0.1, -0.05) is 23.2 Å². The monoisotopic (exact) mass is 410 g/mol. The number of hydrogen-bond acceptors (Lipinski definition) is 4. The summed E-state index contributed by atoms with van der Waals surface area (Å²) >= 11 is 11.8. The second kappa shape index (κ2) is 8.97. The van der Waals surface area contributed by atoms with Crippen molar-refractivity contribution in [3.8, 4) is 11.5 Å². The average Bonchev–Trinajstić information content (AvgIpc) is 2.64. The molecule has 2 aromatic carbocycles. The van der Waals surface area contributed by atoms with E-state index in [-0.39, 0.29) is 18.4 Å². The van der Waals surface area contributed by atoms with Gasteiger partial charge in [-0.25, -0.2) is 0 Å². The lowest BCUT2D eigenvalue weighted by atomic mass is 10.1. The van der Waals surface area contributed by atoms with E-state index in [2.05, 4.69) is 5.32 Å². The van der Waals surface area contributed by atoms with Crippen LogP contribution in [0.2, 0.25) is 10.0 Å². The number of likely N-dealkylation sites (N-methyl/N-ethyl adjacent to an activating group) is 1. The number of carbonyl (C=O) groups excluding carboxylic acids is 2. The van der Waals surface area contributed by atoms with E-state index < -0.39 is 0 Å². The van der Waals surface area contributed by atoms with Crippen molar-refractivity contribution in [3.63, 3.8) is 0 Å². The number of amides is 2. The number of rotatable bonds is 6. The summed E-state index contributed by atoms with van der Waals surface area (Å²) in [7, 11) is 4.57. The average molecular weight is 411 g/mol. The molecule has 0 bridgehead atoms. The topological polar surface area (TPSA) is 67.9 Å². The van der Waals surface area contributed by atoms with Crippen molar-refractivity contribution in [2.75, 3.05) is 33.1 Å². The van der Waals surface area contributed by atoms with Gasteiger partial charge in [0.15, 0.2) is 0 Å². The number of nitrogens with one attached hydrogen (secondary N) is 1. The van der Waals surface area contributed by atoms with E-state index in [1.165, 1.54) is 26.2 Å². The standard InChI is InChI=1S/C19H20Cl2N2O4/c1-11-16(26-3)7-12(8-17(11)27-4)19(25)23(2)10-18(24)22-13-5-6-14(20)15(21)9-13/h5-9H,10H2,1-4H3,(H,22,24). The molecule has 27 heavy (non-hydrogen) atoms. The van der Waals surface area contributed by atoms with Crippen LogP contribution in [0.1, 0.15) is 15.9 Å². The molecule has 0 aliphatic rings. The smallest absolute Gasteiger partial charge is 0.254 e. The minimum atomic E-state index is -0.365. The van der Waals surface area contributed by atoms with Crippen LogP contribution in [-0.4, -0.2) is 44.5 Å². The van der Waals surface area contributed by atoms with Crippen LogP contribution in [0.15, 0.2) is 30.3 Å². The molecule has 0 aliphatic heterocycles. The van der Waals surface area contributed by atoms with Gasteiger partial charge in [0, 0.05) is 23.9 Å². The van der Waals surface area contributed by atoms with Crippen molar-refractivity contribution in [1.29, 1.82) is 0 Å². The molecule has 0 heterocycles. The summed E-state index contributed by atoms with van der Waals surface area (Å²) in [5, 5.41) is 3.40. The van der Waals surface area contributed by atoms with Crippen molar-refractivity contribution < 1.29 is 19.1 Å². The minimum Gasteiger partial charge on any atom is -0.496 e. The third-order valence-corrected chi connectivity index (χ3v) is 4.67. The van der Waals surface area contributed by atoms with Crippen molar-refractivity contribution in [1.82, 2.24) is 4.90 Å². The number of methoxy groups -OCH3 is 2. The summed E-state index contributed by atoms with van der Waals surface area (Å²) in [5.41, 5.74) is 1.64.